The van der Waals surface area contributed by atoms with Crippen molar-refractivity contribution in [3.05, 3.63) is 52.8 Å². The Balaban J connectivity index is 1.47. The number of phenolic OH excluding ortho intramolecular Hbond substituents is 1. The molecule has 3 heterocycles. The minimum atomic E-state index is -4.46. The molecule has 0 atom stereocenters. The highest BCUT2D eigenvalue weighted by molar-refractivity contribution is 5.83. The van der Waals surface area contributed by atoms with Crippen molar-refractivity contribution in [1.29, 1.82) is 0 Å². The smallest absolute Gasteiger partial charge is 0.417 e. The molecular weight excluding hydrogens is 471 g/mol. The van der Waals surface area contributed by atoms with Crippen molar-refractivity contribution in [3.8, 4) is 11.5 Å². The number of likely N-dealkylation sites (tertiary alicyclic amines) is 1. The number of pyridine rings is 1. The molecule has 0 unspecified atom stereocenters. The van der Waals surface area contributed by atoms with Gasteiger partial charge in [-0.05, 0) is 67.6 Å². The van der Waals surface area contributed by atoms with E-state index in [0.29, 0.717) is 55.3 Å². The molecule has 0 spiro atoms. The second kappa shape index (κ2) is 10.3. The Bertz CT molecular complexity index is 1100. The third kappa shape index (κ3) is 5.61. The number of aromatic hydroxyl groups is 1. The van der Waals surface area contributed by atoms with Crippen LogP contribution in [0, 0.1) is 11.3 Å². The largest absolute Gasteiger partial charge is 0.504 e. The standard InChI is InChI=1S/C27H34F3N3O3/c1-18(2)14-26(7-10-32(11-8-26)16-19-4-5-23(34)24(12-19)36-3)25(35)33-9-6-22-20(17-33)13-21(15-31-22)27(28,29)30/h4-5,12-13,15,18,34H,6-11,14,16-17H2,1-3H3. The molecule has 6 nitrogen and oxygen atoms in total. The van der Waals surface area contributed by atoms with E-state index in [-0.39, 0.29) is 18.2 Å². The van der Waals surface area contributed by atoms with Crippen LogP contribution in [0.4, 0.5) is 13.2 Å². The molecule has 0 bridgehead atoms. The van der Waals surface area contributed by atoms with Gasteiger partial charge in [0.25, 0.3) is 0 Å². The number of methoxy groups -OCH3 is 1. The maximum absolute atomic E-state index is 13.9. The minimum absolute atomic E-state index is 0.0465. The second-order valence-corrected chi connectivity index (χ2v) is 10.5. The van der Waals surface area contributed by atoms with Gasteiger partial charge >= 0.3 is 6.18 Å². The first kappa shape index (κ1) is 26.3. The molecule has 2 aliphatic rings. The summed E-state index contributed by atoms with van der Waals surface area (Å²) in [6, 6.07) is 6.46. The summed E-state index contributed by atoms with van der Waals surface area (Å²) >= 11 is 0. The van der Waals surface area contributed by atoms with Crippen molar-refractivity contribution in [2.24, 2.45) is 11.3 Å². The molecule has 36 heavy (non-hydrogen) atoms. The number of hydrogen-bond donors (Lipinski definition) is 1. The fourth-order valence-electron chi connectivity index (χ4n) is 5.59. The number of aromatic nitrogens is 1. The van der Waals surface area contributed by atoms with Crippen LogP contribution in [0.1, 0.15) is 55.5 Å². The van der Waals surface area contributed by atoms with Gasteiger partial charge in [0.05, 0.1) is 18.1 Å². The predicted octanol–water partition coefficient (Wildman–Crippen LogP) is 5.03. The summed E-state index contributed by atoms with van der Waals surface area (Å²) in [5, 5.41) is 9.85. The number of carbonyl (C=O) groups excluding carboxylic acids is 1. The van der Waals surface area contributed by atoms with E-state index < -0.39 is 17.2 Å². The zero-order valence-electron chi connectivity index (χ0n) is 21.1. The maximum Gasteiger partial charge on any atom is 0.417 e. The lowest BCUT2D eigenvalue weighted by Crippen LogP contribution is -2.51. The van der Waals surface area contributed by atoms with Crippen molar-refractivity contribution in [2.45, 2.75) is 58.8 Å². The Labute approximate surface area is 210 Å². The molecule has 0 saturated carbocycles. The SMILES string of the molecule is COc1cc(CN2CCC(CC(C)C)(C(=O)N3CCc4ncc(C(F)(F)F)cc4C3)CC2)ccc1O. The zero-order valence-corrected chi connectivity index (χ0v) is 21.1. The van der Waals surface area contributed by atoms with Crippen molar-refractivity contribution >= 4 is 5.91 Å². The quantitative estimate of drug-likeness (QED) is 0.597. The summed E-state index contributed by atoms with van der Waals surface area (Å²) in [6.45, 7) is 7.02. The number of hydrogen-bond acceptors (Lipinski definition) is 5. The monoisotopic (exact) mass is 505 g/mol. The molecule has 1 saturated heterocycles. The predicted molar refractivity (Wildman–Crippen MR) is 129 cm³/mol. The number of halogens is 3. The van der Waals surface area contributed by atoms with Gasteiger partial charge in [0.1, 0.15) is 0 Å². The third-order valence-electron chi connectivity index (χ3n) is 7.37. The van der Waals surface area contributed by atoms with Gasteiger partial charge in [0, 0.05) is 37.9 Å². The number of carbonyl (C=O) groups is 1. The van der Waals surface area contributed by atoms with Gasteiger partial charge in [-0.1, -0.05) is 19.9 Å². The molecule has 196 valence electrons. The van der Waals surface area contributed by atoms with E-state index in [1.165, 1.54) is 7.11 Å². The fraction of sp³-hybridized carbons (Fsp3) is 0.556. The van der Waals surface area contributed by atoms with E-state index in [4.69, 9.17) is 4.74 Å². The molecule has 1 aromatic carbocycles. The van der Waals surface area contributed by atoms with Crippen LogP contribution < -0.4 is 4.74 Å². The number of piperidine rings is 1. The first-order valence-corrected chi connectivity index (χ1v) is 12.4. The summed E-state index contributed by atoms with van der Waals surface area (Å²) in [6.07, 6.45) is -0.965. The number of nitrogens with zero attached hydrogens (tertiary/aromatic N) is 3. The van der Waals surface area contributed by atoms with Crippen molar-refractivity contribution in [3.63, 3.8) is 0 Å². The third-order valence-corrected chi connectivity index (χ3v) is 7.37. The average Bonchev–Trinajstić information content (AvgIpc) is 2.84. The van der Waals surface area contributed by atoms with Gasteiger partial charge < -0.3 is 14.7 Å². The molecule has 0 radical (unpaired) electrons. The normalized spacial score (nSPS) is 18.2. The first-order valence-electron chi connectivity index (χ1n) is 12.4. The van der Waals surface area contributed by atoms with Crippen LogP contribution in [0.25, 0.3) is 0 Å². The van der Waals surface area contributed by atoms with Crippen LogP contribution in [-0.4, -0.2) is 52.5 Å². The van der Waals surface area contributed by atoms with Gasteiger partial charge in [0.2, 0.25) is 5.91 Å². The minimum Gasteiger partial charge on any atom is -0.504 e. The lowest BCUT2D eigenvalue weighted by molar-refractivity contribution is -0.147. The lowest BCUT2D eigenvalue weighted by atomic mass is 9.71. The summed E-state index contributed by atoms with van der Waals surface area (Å²) in [7, 11) is 1.52. The number of alkyl halides is 3. The molecule has 4 rings (SSSR count). The molecule has 0 aliphatic carbocycles. The molecule has 2 aliphatic heterocycles. The maximum atomic E-state index is 13.9. The Kier molecular flexibility index (Phi) is 7.50. The zero-order chi connectivity index (χ0) is 26.1. The highest BCUT2D eigenvalue weighted by Gasteiger charge is 2.44. The van der Waals surface area contributed by atoms with Crippen LogP contribution in [0.15, 0.2) is 30.5 Å². The van der Waals surface area contributed by atoms with E-state index >= 15 is 0 Å². The van der Waals surface area contributed by atoms with E-state index in [1.54, 1.807) is 11.0 Å². The Hall–Kier alpha value is -2.81. The van der Waals surface area contributed by atoms with E-state index in [1.807, 2.05) is 12.1 Å². The number of phenols is 1. The molecule has 1 N–H and O–H groups in total. The number of fused-ring (bicyclic) bond motifs is 1. The number of benzene rings is 1. The van der Waals surface area contributed by atoms with Crippen LogP contribution in [0.2, 0.25) is 0 Å². The molecule has 2 aromatic rings. The van der Waals surface area contributed by atoms with Crippen LogP contribution in [0.5, 0.6) is 11.5 Å². The lowest BCUT2D eigenvalue weighted by Gasteiger charge is -2.45. The highest BCUT2D eigenvalue weighted by Crippen LogP contribution is 2.41. The number of amides is 1. The second-order valence-electron chi connectivity index (χ2n) is 10.5. The summed E-state index contributed by atoms with van der Waals surface area (Å²) in [5.41, 5.74) is 0.857. The topological polar surface area (TPSA) is 65.9 Å². The van der Waals surface area contributed by atoms with E-state index in [0.717, 1.165) is 37.3 Å². The summed E-state index contributed by atoms with van der Waals surface area (Å²) in [4.78, 5) is 22.0. The van der Waals surface area contributed by atoms with E-state index in [9.17, 15) is 23.1 Å². The van der Waals surface area contributed by atoms with E-state index in [2.05, 4.69) is 23.7 Å². The summed E-state index contributed by atoms with van der Waals surface area (Å²) < 4.78 is 44.9. The molecule has 9 heteroatoms. The highest BCUT2D eigenvalue weighted by atomic mass is 19.4. The van der Waals surface area contributed by atoms with Crippen LogP contribution >= 0.6 is 0 Å². The van der Waals surface area contributed by atoms with Gasteiger partial charge in [-0.2, -0.15) is 13.2 Å². The Morgan fingerprint density at radius 3 is 2.56 bits per heavy atom. The molecule has 1 aromatic heterocycles. The Morgan fingerprint density at radius 2 is 1.92 bits per heavy atom. The number of rotatable bonds is 6. The van der Waals surface area contributed by atoms with Crippen molar-refractivity contribution in [2.75, 3.05) is 26.7 Å². The molecule has 1 amide bonds. The summed E-state index contributed by atoms with van der Waals surface area (Å²) in [5.74, 6) is 0.896. The average molecular weight is 506 g/mol. The van der Waals surface area contributed by atoms with Gasteiger partial charge in [-0.3, -0.25) is 14.7 Å². The molecule has 1 fully saturated rings. The molecular formula is C27H34F3N3O3. The fourth-order valence-corrected chi connectivity index (χ4v) is 5.59. The number of ether oxygens (including phenoxy) is 1. The van der Waals surface area contributed by atoms with Crippen LogP contribution in [0.3, 0.4) is 0 Å². The Morgan fingerprint density at radius 1 is 1.19 bits per heavy atom. The van der Waals surface area contributed by atoms with Gasteiger partial charge in [-0.15, -0.1) is 0 Å². The van der Waals surface area contributed by atoms with Crippen LogP contribution in [-0.2, 0) is 30.5 Å². The van der Waals surface area contributed by atoms with Gasteiger partial charge in [0.15, 0.2) is 11.5 Å². The van der Waals surface area contributed by atoms with Crippen molar-refractivity contribution < 1.29 is 27.8 Å². The van der Waals surface area contributed by atoms with Gasteiger partial charge in [-0.25, -0.2) is 0 Å². The first-order chi connectivity index (χ1) is 17.0. The van der Waals surface area contributed by atoms with Crippen molar-refractivity contribution in [1.82, 2.24) is 14.8 Å².